The number of nitrogens with zero attached hydrogens (tertiary/aromatic N) is 1. The number of thiocarbonyl (C=S) groups is 1. The number of rotatable bonds is 8. The van der Waals surface area contributed by atoms with Crippen LogP contribution in [-0.4, -0.2) is 40.8 Å². The third-order valence-electron chi connectivity index (χ3n) is 4.65. The molecule has 30 heavy (non-hydrogen) atoms. The fourth-order valence-electron chi connectivity index (χ4n) is 2.94. The zero-order valence-corrected chi connectivity index (χ0v) is 18.7. The van der Waals surface area contributed by atoms with Gasteiger partial charge in [0.1, 0.15) is 6.61 Å². The molecule has 3 N–H and O–H groups in total. The Morgan fingerprint density at radius 3 is 2.40 bits per heavy atom. The molecule has 0 amide bonds. The molecule has 0 heterocycles. The van der Waals surface area contributed by atoms with Crippen molar-refractivity contribution in [2.75, 3.05) is 13.7 Å². The molecule has 0 aliphatic rings. The number of benzene rings is 2. The van der Waals surface area contributed by atoms with Gasteiger partial charge in [-0.3, -0.25) is 4.79 Å². The van der Waals surface area contributed by atoms with Crippen LogP contribution in [0.5, 0.6) is 11.5 Å². The van der Waals surface area contributed by atoms with E-state index in [-0.39, 0.29) is 29.5 Å². The fourth-order valence-corrected chi connectivity index (χ4v) is 3.15. The van der Waals surface area contributed by atoms with Gasteiger partial charge in [0.15, 0.2) is 16.6 Å². The summed E-state index contributed by atoms with van der Waals surface area (Å²) in [4.78, 5) is 14.2. The first-order valence-electron chi connectivity index (χ1n) is 9.75. The second kappa shape index (κ2) is 10.3. The number of methoxy groups -OCH3 is 1. The molecule has 1 atom stereocenters. The monoisotopic (exact) mass is 430 g/mol. The average Bonchev–Trinajstić information content (AvgIpc) is 2.70. The van der Waals surface area contributed by atoms with Crippen LogP contribution in [0.2, 0.25) is 0 Å². The van der Waals surface area contributed by atoms with Crippen LogP contribution in [0.25, 0.3) is 0 Å². The summed E-state index contributed by atoms with van der Waals surface area (Å²) in [6, 6.07) is 14.7. The second-order valence-corrected chi connectivity index (χ2v) is 8.58. The summed E-state index contributed by atoms with van der Waals surface area (Å²) in [5.41, 5.74) is 7.41. The molecule has 0 bridgehead atoms. The lowest BCUT2D eigenvalue weighted by atomic mass is 9.97. The molecule has 2 aromatic rings. The normalized spacial score (nSPS) is 12.1. The van der Waals surface area contributed by atoms with E-state index in [1.807, 2.05) is 56.0 Å². The molecule has 0 aliphatic heterocycles. The number of carbonyl (C=O) groups is 1. The van der Waals surface area contributed by atoms with Crippen molar-refractivity contribution >= 4 is 23.3 Å². The van der Waals surface area contributed by atoms with Gasteiger partial charge in [-0.15, -0.1) is 0 Å². The second-order valence-electron chi connectivity index (χ2n) is 8.16. The van der Waals surface area contributed by atoms with Gasteiger partial charge in [0.05, 0.1) is 18.6 Å². The van der Waals surface area contributed by atoms with Crippen molar-refractivity contribution < 1.29 is 19.4 Å². The molecule has 0 fully saturated rings. The third kappa shape index (κ3) is 6.62. The Morgan fingerprint density at radius 2 is 1.83 bits per heavy atom. The van der Waals surface area contributed by atoms with Crippen LogP contribution >= 0.6 is 12.2 Å². The van der Waals surface area contributed by atoms with Crippen LogP contribution in [0.15, 0.2) is 48.5 Å². The minimum atomic E-state index is -0.602. The van der Waals surface area contributed by atoms with Gasteiger partial charge in [-0.25, -0.2) is 0 Å². The van der Waals surface area contributed by atoms with Crippen LogP contribution in [-0.2, 0) is 22.5 Å². The van der Waals surface area contributed by atoms with Crippen molar-refractivity contribution in [3.8, 4) is 11.5 Å². The average molecular weight is 431 g/mol. The van der Waals surface area contributed by atoms with E-state index in [2.05, 4.69) is 0 Å². The number of phenolic OH excluding ortho intramolecular Hbond substituents is 1. The van der Waals surface area contributed by atoms with Gasteiger partial charge < -0.3 is 25.2 Å². The lowest BCUT2D eigenvalue weighted by Crippen LogP contribution is -2.47. The molecule has 7 heteroatoms. The molecular formula is C23H30N2O4S. The lowest BCUT2D eigenvalue weighted by molar-refractivity contribution is -0.154. The number of nitrogens with two attached hydrogens (primary N) is 1. The highest BCUT2D eigenvalue weighted by molar-refractivity contribution is 7.80. The molecule has 2 aromatic carbocycles. The van der Waals surface area contributed by atoms with Gasteiger partial charge in [-0.05, 0) is 62.7 Å². The Kier molecular flexibility index (Phi) is 8.06. The molecule has 2 rings (SSSR count). The van der Waals surface area contributed by atoms with Crippen LogP contribution in [0, 0.1) is 5.41 Å². The molecule has 0 radical (unpaired) electrons. The number of carbonyl (C=O) groups excluding carboxylic acids is 1. The maximum absolute atomic E-state index is 12.3. The zero-order valence-electron chi connectivity index (χ0n) is 17.9. The Balaban J connectivity index is 2.28. The Labute approximate surface area is 183 Å². The predicted octanol–water partition coefficient (Wildman–Crippen LogP) is 3.65. The van der Waals surface area contributed by atoms with Crippen LogP contribution < -0.4 is 10.5 Å². The van der Waals surface area contributed by atoms with Gasteiger partial charge in [0.2, 0.25) is 0 Å². The highest BCUT2D eigenvalue weighted by atomic mass is 32.1. The van der Waals surface area contributed by atoms with Crippen molar-refractivity contribution in [3.63, 3.8) is 0 Å². The van der Waals surface area contributed by atoms with Crippen LogP contribution in [0.1, 0.15) is 31.9 Å². The van der Waals surface area contributed by atoms with E-state index in [9.17, 15) is 9.90 Å². The summed E-state index contributed by atoms with van der Waals surface area (Å²) in [5, 5.41) is 10.1. The van der Waals surface area contributed by atoms with Crippen molar-refractivity contribution in [2.45, 2.75) is 39.8 Å². The summed E-state index contributed by atoms with van der Waals surface area (Å²) in [6.45, 7) is 5.98. The van der Waals surface area contributed by atoms with Gasteiger partial charge in [0, 0.05) is 6.54 Å². The molecule has 0 aliphatic carbocycles. The summed E-state index contributed by atoms with van der Waals surface area (Å²) in [6.07, 6.45) is 0.602. The Morgan fingerprint density at radius 1 is 1.17 bits per heavy atom. The van der Waals surface area contributed by atoms with E-state index >= 15 is 0 Å². The Bertz CT molecular complexity index is 865. The third-order valence-corrected chi connectivity index (χ3v) is 4.89. The van der Waals surface area contributed by atoms with E-state index in [1.165, 1.54) is 7.11 Å². The highest BCUT2D eigenvalue weighted by Gasteiger charge is 2.27. The zero-order chi connectivity index (χ0) is 22.3. The summed E-state index contributed by atoms with van der Waals surface area (Å²) in [5.74, 6) is 0.145. The smallest absolute Gasteiger partial charge is 0.311 e. The SMILES string of the molecule is COc1cc(CN(C(N)=S)C(COC(=O)C(C)(C)C)Cc2ccccc2)ccc1O. The fraction of sp³-hybridized carbons (Fsp3) is 0.391. The number of esters is 1. The first kappa shape index (κ1) is 23.5. The van der Waals surface area contributed by atoms with Crippen molar-refractivity contribution in [3.05, 3.63) is 59.7 Å². The summed E-state index contributed by atoms with van der Waals surface area (Å²) < 4.78 is 10.8. The van der Waals surface area contributed by atoms with Crippen LogP contribution in [0.3, 0.4) is 0 Å². The van der Waals surface area contributed by atoms with Gasteiger partial charge in [-0.2, -0.15) is 0 Å². The first-order valence-corrected chi connectivity index (χ1v) is 10.2. The first-order chi connectivity index (χ1) is 14.1. The Hall–Kier alpha value is -2.80. The number of hydrogen-bond acceptors (Lipinski definition) is 5. The number of phenols is 1. The minimum absolute atomic E-state index is 0.0584. The van der Waals surface area contributed by atoms with Crippen molar-refractivity contribution in [2.24, 2.45) is 11.1 Å². The molecule has 0 spiro atoms. The van der Waals surface area contributed by atoms with Crippen molar-refractivity contribution in [1.82, 2.24) is 4.90 Å². The van der Waals surface area contributed by atoms with Crippen LogP contribution in [0.4, 0.5) is 0 Å². The molecule has 162 valence electrons. The molecule has 1 unspecified atom stereocenters. The number of hydrogen-bond donors (Lipinski definition) is 2. The van der Waals surface area contributed by atoms with Gasteiger partial charge in [-0.1, -0.05) is 36.4 Å². The number of aromatic hydroxyl groups is 1. The standard InChI is InChI=1S/C23H30N2O4S/c1-23(2,3)21(27)29-15-18(12-16-8-6-5-7-9-16)25(22(24)30)14-17-10-11-19(26)20(13-17)28-4/h5-11,13,18,26H,12,14-15H2,1-4H3,(H2,24,30). The predicted molar refractivity (Wildman–Crippen MR) is 121 cm³/mol. The maximum atomic E-state index is 12.3. The lowest BCUT2D eigenvalue weighted by Gasteiger charge is -2.33. The topological polar surface area (TPSA) is 85.0 Å². The van der Waals surface area contributed by atoms with Gasteiger partial charge in [0.25, 0.3) is 0 Å². The summed E-state index contributed by atoms with van der Waals surface area (Å²) >= 11 is 5.33. The highest BCUT2D eigenvalue weighted by Crippen LogP contribution is 2.27. The quantitative estimate of drug-likeness (QED) is 0.488. The molecular weight excluding hydrogens is 400 g/mol. The van der Waals surface area contributed by atoms with E-state index in [1.54, 1.807) is 18.2 Å². The summed E-state index contributed by atoms with van der Waals surface area (Å²) in [7, 11) is 1.49. The van der Waals surface area contributed by atoms with E-state index in [4.69, 9.17) is 27.4 Å². The van der Waals surface area contributed by atoms with Crippen molar-refractivity contribution in [1.29, 1.82) is 0 Å². The van der Waals surface area contributed by atoms with E-state index in [0.717, 1.165) is 11.1 Å². The number of ether oxygens (including phenoxy) is 2. The van der Waals surface area contributed by atoms with E-state index < -0.39 is 5.41 Å². The van der Waals surface area contributed by atoms with E-state index in [0.29, 0.717) is 18.7 Å². The minimum Gasteiger partial charge on any atom is -0.504 e. The maximum Gasteiger partial charge on any atom is 0.311 e. The van der Waals surface area contributed by atoms with Gasteiger partial charge >= 0.3 is 5.97 Å². The molecule has 0 aromatic heterocycles. The largest absolute Gasteiger partial charge is 0.504 e. The molecule has 6 nitrogen and oxygen atoms in total. The molecule has 0 saturated heterocycles. The molecule has 0 saturated carbocycles.